The Morgan fingerprint density at radius 1 is 0.867 bits per heavy atom. The number of nitrogens with zero attached hydrogens (tertiary/aromatic N) is 2. The first-order valence-electron chi connectivity index (χ1n) is 11.2. The Balaban J connectivity index is 1.57. The van der Waals surface area contributed by atoms with Gasteiger partial charge in [-0.3, -0.25) is 9.59 Å². The third-order valence-electron chi connectivity index (χ3n) is 6.61. The fourth-order valence-electron chi connectivity index (χ4n) is 4.91. The van der Waals surface area contributed by atoms with Crippen molar-refractivity contribution in [2.75, 3.05) is 26.2 Å². The second kappa shape index (κ2) is 8.63. The average molecular weight is 405 g/mol. The number of hydrogen-bond acceptors (Lipinski definition) is 2. The highest BCUT2D eigenvalue weighted by molar-refractivity contribution is 5.86. The fourth-order valence-corrected chi connectivity index (χ4v) is 4.91. The molecule has 4 nitrogen and oxygen atoms in total. The molecule has 0 spiro atoms. The molecule has 2 aromatic carbocycles. The Morgan fingerprint density at radius 2 is 1.50 bits per heavy atom. The topological polar surface area (TPSA) is 40.6 Å². The first-order chi connectivity index (χ1) is 14.5. The Kier molecular flexibility index (Phi) is 5.94. The minimum atomic E-state index is -0.497. The van der Waals surface area contributed by atoms with Gasteiger partial charge in [-0.15, -0.1) is 0 Å². The summed E-state index contributed by atoms with van der Waals surface area (Å²) in [5.74, 6) is 0.365. The van der Waals surface area contributed by atoms with Crippen molar-refractivity contribution < 1.29 is 9.59 Å². The van der Waals surface area contributed by atoms with E-state index >= 15 is 0 Å². The molecule has 1 atom stereocenters. The van der Waals surface area contributed by atoms with Crippen LogP contribution in [0.15, 0.2) is 54.6 Å². The Morgan fingerprint density at radius 3 is 2.13 bits per heavy atom. The summed E-state index contributed by atoms with van der Waals surface area (Å²) >= 11 is 0. The lowest BCUT2D eigenvalue weighted by molar-refractivity contribution is -0.141. The molecule has 2 aromatic rings. The predicted molar refractivity (Wildman–Crippen MR) is 120 cm³/mol. The van der Waals surface area contributed by atoms with Crippen LogP contribution >= 0.6 is 0 Å². The van der Waals surface area contributed by atoms with E-state index in [0.717, 1.165) is 32.4 Å². The molecule has 2 amide bonds. The second-order valence-corrected chi connectivity index (χ2v) is 9.18. The minimum Gasteiger partial charge on any atom is -0.342 e. The molecule has 0 aromatic heterocycles. The van der Waals surface area contributed by atoms with E-state index in [9.17, 15) is 9.59 Å². The highest BCUT2D eigenvalue weighted by atomic mass is 16.2. The summed E-state index contributed by atoms with van der Waals surface area (Å²) in [5, 5.41) is 0. The van der Waals surface area contributed by atoms with Gasteiger partial charge in [0.2, 0.25) is 11.8 Å². The van der Waals surface area contributed by atoms with Crippen LogP contribution in [0, 0.1) is 11.3 Å². The molecule has 4 heteroatoms. The van der Waals surface area contributed by atoms with Crippen LogP contribution in [0.4, 0.5) is 0 Å². The minimum absolute atomic E-state index is 0.0344. The van der Waals surface area contributed by atoms with Crippen LogP contribution in [0.1, 0.15) is 38.7 Å². The van der Waals surface area contributed by atoms with Crippen LogP contribution in [-0.2, 0) is 16.0 Å². The van der Waals surface area contributed by atoms with Gasteiger partial charge in [-0.2, -0.15) is 0 Å². The zero-order valence-corrected chi connectivity index (χ0v) is 18.1. The lowest BCUT2D eigenvalue weighted by atomic mass is 9.79. The van der Waals surface area contributed by atoms with Crippen molar-refractivity contribution in [3.63, 3.8) is 0 Å². The summed E-state index contributed by atoms with van der Waals surface area (Å²) in [6.07, 6.45) is 3.62. The molecule has 0 N–H and O–H groups in total. The highest BCUT2D eigenvalue weighted by Gasteiger charge is 2.48. The number of hydrogen-bond donors (Lipinski definition) is 0. The van der Waals surface area contributed by atoms with Crippen molar-refractivity contribution in [1.29, 1.82) is 0 Å². The molecule has 0 bridgehead atoms. The van der Waals surface area contributed by atoms with Crippen LogP contribution < -0.4 is 0 Å². The Bertz CT molecular complexity index is 885. The van der Waals surface area contributed by atoms with Crippen molar-refractivity contribution in [1.82, 2.24) is 9.80 Å². The maximum Gasteiger partial charge on any atom is 0.230 e. The third-order valence-corrected chi connectivity index (χ3v) is 6.61. The number of rotatable bonds is 5. The van der Waals surface area contributed by atoms with Crippen LogP contribution in [-0.4, -0.2) is 47.8 Å². The molecule has 0 aliphatic carbocycles. The normalized spacial score (nSPS) is 21.4. The van der Waals surface area contributed by atoms with Crippen molar-refractivity contribution in [3.8, 4) is 11.1 Å². The van der Waals surface area contributed by atoms with E-state index in [2.05, 4.69) is 36.4 Å². The predicted octanol–water partition coefficient (Wildman–Crippen LogP) is 4.39. The van der Waals surface area contributed by atoms with Gasteiger partial charge >= 0.3 is 0 Å². The number of likely N-dealkylation sites (tertiary alicyclic amines) is 2. The van der Waals surface area contributed by atoms with E-state index in [1.165, 1.54) is 16.7 Å². The number of amides is 2. The van der Waals surface area contributed by atoms with Crippen LogP contribution in [0.3, 0.4) is 0 Å². The molecule has 2 saturated heterocycles. The fraction of sp³-hybridized carbons (Fsp3) is 0.462. The maximum atomic E-state index is 13.6. The van der Waals surface area contributed by atoms with E-state index in [1.54, 1.807) is 0 Å². The standard InChI is InChI=1S/C26H32N2O2/c1-20(2)24(29)28-17-14-26(19-28,25(30)27-15-6-7-16-27)18-21-10-12-23(13-11-21)22-8-4-3-5-9-22/h3-5,8-13,20H,6-7,14-19H2,1-2H3/t26-/m1/s1. The van der Waals surface area contributed by atoms with Gasteiger partial charge in [-0.05, 0) is 42.4 Å². The lowest BCUT2D eigenvalue weighted by Gasteiger charge is -2.33. The van der Waals surface area contributed by atoms with Gasteiger partial charge in [0.25, 0.3) is 0 Å². The van der Waals surface area contributed by atoms with Gasteiger partial charge in [0.1, 0.15) is 0 Å². The second-order valence-electron chi connectivity index (χ2n) is 9.18. The largest absolute Gasteiger partial charge is 0.342 e. The van der Waals surface area contributed by atoms with Crippen molar-refractivity contribution in [2.45, 2.75) is 39.5 Å². The summed E-state index contributed by atoms with van der Waals surface area (Å²) in [5.41, 5.74) is 3.05. The van der Waals surface area contributed by atoms with Crippen molar-refractivity contribution >= 4 is 11.8 Å². The van der Waals surface area contributed by atoms with Gasteiger partial charge in [-0.1, -0.05) is 68.4 Å². The molecule has 0 radical (unpaired) electrons. The van der Waals surface area contributed by atoms with Crippen LogP contribution in [0.25, 0.3) is 11.1 Å². The van der Waals surface area contributed by atoms with E-state index in [4.69, 9.17) is 0 Å². The van der Waals surface area contributed by atoms with Crippen LogP contribution in [0.5, 0.6) is 0 Å². The number of carbonyl (C=O) groups excluding carboxylic acids is 2. The zero-order chi connectivity index (χ0) is 21.1. The summed E-state index contributed by atoms with van der Waals surface area (Å²) in [6, 6.07) is 18.9. The monoisotopic (exact) mass is 404 g/mol. The van der Waals surface area contributed by atoms with Gasteiger partial charge < -0.3 is 9.80 Å². The highest BCUT2D eigenvalue weighted by Crippen LogP contribution is 2.38. The summed E-state index contributed by atoms with van der Waals surface area (Å²) < 4.78 is 0. The van der Waals surface area contributed by atoms with Crippen molar-refractivity contribution in [2.24, 2.45) is 11.3 Å². The first kappa shape index (κ1) is 20.6. The van der Waals surface area contributed by atoms with Crippen LogP contribution in [0.2, 0.25) is 0 Å². The molecule has 2 heterocycles. The molecule has 2 aliphatic heterocycles. The molecule has 158 valence electrons. The molecule has 0 unspecified atom stereocenters. The molecule has 30 heavy (non-hydrogen) atoms. The third kappa shape index (κ3) is 4.14. The SMILES string of the molecule is CC(C)C(=O)N1CC[C@](Cc2ccc(-c3ccccc3)cc2)(C(=O)N2CCCC2)C1. The van der Waals surface area contributed by atoms with E-state index < -0.39 is 5.41 Å². The molecule has 4 rings (SSSR count). The van der Waals surface area contributed by atoms with Gasteiger partial charge in [0.15, 0.2) is 0 Å². The quantitative estimate of drug-likeness (QED) is 0.741. The molecular weight excluding hydrogens is 372 g/mol. The molecular formula is C26H32N2O2. The summed E-state index contributed by atoms with van der Waals surface area (Å²) in [4.78, 5) is 30.2. The molecule has 2 fully saturated rings. The zero-order valence-electron chi connectivity index (χ0n) is 18.1. The van der Waals surface area contributed by atoms with Gasteiger partial charge in [-0.25, -0.2) is 0 Å². The smallest absolute Gasteiger partial charge is 0.230 e. The van der Waals surface area contributed by atoms with Gasteiger partial charge in [0, 0.05) is 32.1 Å². The molecule has 2 aliphatic rings. The number of carbonyl (C=O) groups is 2. The van der Waals surface area contributed by atoms with E-state index in [-0.39, 0.29) is 17.7 Å². The first-order valence-corrected chi connectivity index (χ1v) is 11.2. The Hall–Kier alpha value is -2.62. The summed E-state index contributed by atoms with van der Waals surface area (Å²) in [7, 11) is 0. The van der Waals surface area contributed by atoms with E-state index in [1.807, 2.05) is 41.8 Å². The lowest BCUT2D eigenvalue weighted by Crippen LogP contribution is -2.46. The van der Waals surface area contributed by atoms with Crippen molar-refractivity contribution in [3.05, 3.63) is 60.2 Å². The number of benzene rings is 2. The maximum absolute atomic E-state index is 13.6. The average Bonchev–Trinajstić information content (AvgIpc) is 3.45. The summed E-state index contributed by atoms with van der Waals surface area (Å²) in [6.45, 7) is 6.80. The van der Waals surface area contributed by atoms with E-state index in [0.29, 0.717) is 19.5 Å². The van der Waals surface area contributed by atoms with Gasteiger partial charge in [0.05, 0.1) is 5.41 Å². The Labute approximate surface area is 179 Å². The molecule has 0 saturated carbocycles.